The molecule has 0 radical (unpaired) electrons. The van der Waals surface area contributed by atoms with Crippen molar-refractivity contribution in [3.05, 3.63) is 94.1 Å². The lowest BCUT2D eigenvalue weighted by molar-refractivity contribution is -0.140. The Bertz CT molecular complexity index is 1720. The predicted octanol–water partition coefficient (Wildman–Crippen LogP) is 5.01. The van der Waals surface area contributed by atoms with Crippen LogP contribution in [0.1, 0.15) is 52.4 Å². The Labute approximate surface area is 272 Å². The Morgan fingerprint density at radius 2 is 1.85 bits per heavy atom. The second-order valence-electron chi connectivity index (χ2n) is 11.5. The van der Waals surface area contributed by atoms with E-state index < -0.39 is 17.8 Å². The van der Waals surface area contributed by atoms with Crippen LogP contribution in [0.25, 0.3) is 10.9 Å². The molecule has 0 aliphatic carbocycles. The maximum atomic E-state index is 13.6. The molecule has 1 fully saturated rings. The summed E-state index contributed by atoms with van der Waals surface area (Å²) in [6.07, 6.45) is 0.738. The Balaban J connectivity index is 1.24. The van der Waals surface area contributed by atoms with E-state index in [2.05, 4.69) is 10.2 Å². The van der Waals surface area contributed by atoms with E-state index in [1.54, 1.807) is 49.4 Å². The summed E-state index contributed by atoms with van der Waals surface area (Å²) < 4.78 is 12.8. The van der Waals surface area contributed by atoms with Gasteiger partial charge in [0, 0.05) is 54.3 Å². The van der Waals surface area contributed by atoms with Crippen LogP contribution in [0.2, 0.25) is 5.02 Å². The minimum atomic E-state index is -1.20. The summed E-state index contributed by atoms with van der Waals surface area (Å²) in [6, 6.07) is 19.4. The van der Waals surface area contributed by atoms with E-state index in [1.807, 2.05) is 24.3 Å². The molecule has 2 atom stereocenters. The van der Waals surface area contributed by atoms with Gasteiger partial charge in [0.2, 0.25) is 5.91 Å². The normalized spacial score (nSPS) is 15.5. The third-order valence-corrected chi connectivity index (χ3v) is 8.51. The quantitative estimate of drug-likeness (QED) is 0.173. The first-order chi connectivity index (χ1) is 22.1. The summed E-state index contributed by atoms with van der Waals surface area (Å²) in [6.45, 7) is 4.64. The minimum Gasteiger partial charge on any atom is -0.497 e. The standard InChI is InChI=1S/C35H38ClN3O7/c1-22-33(29-18-27(45-2)11-12-31(29)39(22)34(42)24-7-9-25(36)10-8-24)30(35(43)44)19-32(41)37-14-4-16-46-28-6-3-5-23(17-28)20-38-15-13-26(40)21-38/h3,5-12,17-18,26,30,40H,4,13-16,19-21H2,1-2H3,(H,37,41)(H,43,44). The Morgan fingerprint density at radius 3 is 2.54 bits per heavy atom. The number of fused-ring (bicyclic) bond motifs is 1. The molecule has 4 aromatic rings. The number of carboxylic acids is 1. The van der Waals surface area contributed by atoms with E-state index in [1.165, 1.54) is 11.7 Å². The van der Waals surface area contributed by atoms with Gasteiger partial charge in [0.15, 0.2) is 0 Å². The molecule has 2 unspecified atom stereocenters. The lowest BCUT2D eigenvalue weighted by atomic mass is 9.92. The third kappa shape index (κ3) is 7.70. The van der Waals surface area contributed by atoms with Gasteiger partial charge in [-0.25, -0.2) is 0 Å². The van der Waals surface area contributed by atoms with Crippen molar-refractivity contribution in [2.45, 2.75) is 44.8 Å². The van der Waals surface area contributed by atoms with Gasteiger partial charge in [-0.3, -0.25) is 23.9 Å². The van der Waals surface area contributed by atoms with Gasteiger partial charge >= 0.3 is 5.97 Å². The van der Waals surface area contributed by atoms with E-state index in [0.717, 1.165) is 30.8 Å². The van der Waals surface area contributed by atoms with Crippen LogP contribution in [0.3, 0.4) is 0 Å². The number of aliphatic hydroxyl groups excluding tert-OH is 1. The van der Waals surface area contributed by atoms with Gasteiger partial charge in [-0.2, -0.15) is 0 Å². The summed E-state index contributed by atoms with van der Waals surface area (Å²) in [5.41, 5.74) is 2.81. The van der Waals surface area contributed by atoms with Crippen LogP contribution in [0, 0.1) is 6.92 Å². The van der Waals surface area contributed by atoms with Crippen molar-refractivity contribution in [3.8, 4) is 11.5 Å². The van der Waals surface area contributed by atoms with Crippen molar-refractivity contribution in [1.82, 2.24) is 14.8 Å². The van der Waals surface area contributed by atoms with E-state index in [0.29, 0.717) is 64.6 Å². The number of amides is 1. The van der Waals surface area contributed by atoms with Gasteiger partial charge in [0.05, 0.1) is 31.3 Å². The molecule has 10 nitrogen and oxygen atoms in total. The van der Waals surface area contributed by atoms with Crippen molar-refractivity contribution < 1.29 is 34.1 Å². The summed E-state index contributed by atoms with van der Waals surface area (Å²) in [5, 5.41) is 23.9. The maximum absolute atomic E-state index is 13.6. The number of hydrogen-bond donors (Lipinski definition) is 3. The highest BCUT2D eigenvalue weighted by Crippen LogP contribution is 2.36. The van der Waals surface area contributed by atoms with Gasteiger partial charge < -0.3 is 25.0 Å². The number of aliphatic carboxylic acids is 1. The Morgan fingerprint density at radius 1 is 1.07 bits per heavy atom. The number of β-amino-alcohol motifs (C(OH)–C–C–N with tert-alkyl or cyclic N) is 1. The zero-order chi connectivity index (χ0) is 32.8. The van der Waals surface area contributed by atoms with E-state index in [9.17, 15) is 24.6 Å². The number of carbonyl (C=O) groups is 3. The molecule has 2 heterocycles. The van der Waals surface area contributed by atoms with Crippen LogP contribution in [-0.4, -0.2) is 76.9 Å². The molecule has 1 saturated heterocycles. The number of halogens is 1. The molecule has 46 heavy (non-hydrogen) atoms. The Kier molecular flexibility index (Phi) is 10.6. The van der Waals surface area contributed by atoms with Crippen molar-refractivity contribution in [3.63, 3.8) is 0 Å². The fraction of sp³-hybridized carbons (Fsp3) is 0.343. The number of aromatic nitrogens is 1. The number of carbonyl (C=O) groups excluding carboxylic acids is 2. The number of aliphatic hydroxyl groups is 1. The largest absolute Gasteiger partial charge is 0.497 e. The van der Waals surface area contributed by atoms with E-state index in [4.69, 9.17) is 21.1 Å². The fourth-order valence-corrected chi connectivity index (χ4v) is 6.11. The smallest absolute Gasteiger partial charge is 0.311 e. The van der Waals surface area contributed by atoms with Gasteiger partial charge in [-0.05, 0) is 85.5 Å². The van der Waals surface area contributed by atoms with Crippen molar-refractivity contribution in [2.24, 2.45) is 0 Å². The molecular formula is C35H38ClN3O7. The number of nitrogens with one attached hydrogen (secondary N) is 1. The molecular weight excluding hydrogens is 610 g/mol. The molecule has 0 bridgehead atoms. The average molecular weight is 648 g/mol. The van der Waals surface area contributed by atoms with Gasteiger partial charge in [0.1, 0.15) is 11.5 Å². The highest BCUT2D eigenvalue weighted by atomic mass is 35.5. The number of ether oxygens (including phenoxy) is 2. The number of rotatable bonds is 13. The van der Waals surface area contributed by atoms with Crippen molar-refractivity contribution >= 4 is 40.3 Å². The first kappa shape index (κ1) is 33.0. The Hall–Kier alpha value is -4.38. The molecule has 0 saturated carbocycles. The summed E-state index contributed by atoms with van der Waals surface area (Å²) in [4.78, 5) is 41.4. The maximum Gasteiger partial charge on any atom is 0.311 e. The monoisotopic (exact) mass is 647 g/mol. The second kappa shape index (κ2) is 14.8. The second-order valence-corrected chi connectivity index (χ2v) is 11.9. The molecule has 1 amide bonds. The molecule has 3 aromatic carbocycles. The fourth-order valence-electron chi connectivity index (χ4n) is 5.98. The average Bonchev–Trinajstić information content (AvgIpc) is 3.58. The minimum absolute atomic E-state index is 0.266. The number of carboxylic acid groups (broad SMARTS) is 1. The predicted molar refractivity (Wildman–Crippen MR) is 175 cm³/mol. The number of nitrogens with zero attached hydrogens (tertiary/aromatic N) is 2. The molecule has 11 heteroatoms. The zero-order valence-corrected chi connectivity index (χ0v) is 26.6. The van der Waals surface area contributed by atoms with Gasteiger partial charge in [0.25, 0.3) is 5.91 Å². The molecule has 1 aliphatic heterocycles. The van der Waals surface area contributed by atoms with Crippen LogP contribution in [0.15, 0.2) is 66.7 Å². The van der Waals surface area contributed by atoms with E-state index in [-0.39, 0.29) is 18.4 Å². The molecule has 242 valence electrons. The topological polar surface area (TPSA) is 130 Å². The number of hydrogen-bond acceptors (Lipinski definition) is 7. The van der Waals surface area contributed by atoms with Crippen LogP contribution in [0.5, 0.6) is 11.5 Å². The molecule has 1 aromatic heterocycles. The first-order valence-electron chi connectivity index (χ1n) is 15.3. The number of likely N-dealkylation sites (tertiary alicyclic amines) is 1. The van der Waals surface area contributed by atoms with Crippen LogP contribution >= 0.6 is 11.6 Å². The van der Waals surface area contributed by atoms with Crippen LogP contribution in [0.4, 0.5) is 0 Å². The molecule has 0 spiro atoms. The first-order valence-corrected chi connectivity index (χ1v) is 15.6. The lowest BCUT2D eigenvalue weighted by Gasteiger charge is -2.16. The zero-order valence-electron chi connectivity index (χ0n) is 25.9. The molecule has 5 rings (SSSR count). The lowest BCUT2D eigenvalue weighted by Crippen LogP contribution is -2.29. The van der Waals surface area contributed by atoms with E-state index >= 15 is 0 Å². The summed E-state index contributed by atoms with van der Waals surface area (Å²) in [7, 11) is 1.51. The van der Waals surface area contributed by atoms with Crippen LogP contribution in [-0.2, 0) is 16.1 Å². The molecule has 1 aliphatic rings. The summed E-state index contributed by atoms with van der Waals surface area (Å²) >= 11 is 6.02. The van der Waals surface area contributed by atoms with Crippen LogP contribution < -0.4 is 14.8 Å². The number of methoxy groups -OCH3 is 1. The molecule has 3 N–H and O–H groups in total. The van der Waals surface area contributed by atoms with Gasteiger partial charge in [-0.15, -0.1) is 0 Å². The van der Waals surface area contributed by atoms with Crippen molar-refractivity contribution in [2.75, 3.05) is 33.4 Å². The highest BCUT2D eigenvalue weighted by molar-refractivity contribution is 6.30. The highest BCUT2D eigenvalue weighted by Gasteiger charge is 2.31. The SMILES string of the molecule is COc1ccc2c(c1)c(C(CC(=O)NCCCOc1cccc(CN3CCC(O)C3)c1)C(=O)O)c(C)n2C(=O)c1ccc(Cl)cc1. The van der Waals surface area contributed by atoms with Crippen molar-refractivity contribution in [1.29, 1.82) is 0 Å². The number of benzene rings is 3. The third-order valence-electron chi connectivity index (χ3n) is 8.25. The summed E-state index contributed by atoms with van der Waals surface area (Å²) in [5.74, 6) is -1.92. The van der Waals surface area contributed by atoms with Gasteiger partial charge in [-0.1, -0.05) is 23.7 Å².